The predicted molar refractivity (Wildman–Crippen MR) is 109 cm³/mol. The lowest BCUT2D eigenvalue weighted by Crippen LogP contribution is -2.14. The van der Waals surface area contributed by atoms with Crippen LogP contribution in [0.3, 0.4) is 0 Å². The summed E-state index contributed by atoms with van der Waals surface area (Å²) in [6.07, 6.45) is 6.44. The second kappa shape index (κ2) is 11.8. The maximum absolute atomic E-state index is 6.44. The van der Waals surface area contributed by atoms with Crippen molar-refractivity contribution in [2.45, 2.75) is 52.2 Å². The summed E-state index contributed by atoms with van der Waals surface area (Å²) >= 11 is 6.44. The molecule has 1 N–H and O–H groups in total. The van der Waals surface area contributed by atoms with Crippen molar-refractivity contribution in [3.05, 3.63) is 58.6 Å². The SMILES string of the molecule is CCCCCCCNCc1cc(Cl)c(OCc2ccccc2)c(OC)c1. The molecule has 26 heavy (non-hydrogen) atoms. The minimum absolute atomic E-state index is 0.465. The van der Waals surface area contributed by atoms with Crippen molar-refractivity contribution in [2.24, 2.45) is 0 Å². The molecule has 0 saturated heterocycles. The topological polar surface area (TPSA) is 30.5 Å². The van der Waals surface area contributed by atoms with Gasteiger partial charge in [-0.25, -0.2) is 0 Å². The Kier molecular flexibility index (Phi) is 9.36. The van der Waals surface area contributed by atoms with Gasteiger partial charge < -0.3 is 14.8 Å². The first-order valence-electron chi connectivity index (χ1n) is 9.48. The molecule has 0 aromatic heterocycles. The van der Waals surface area contributed by atoms with Gasteiger partial charge in [0.15, 0.2) is 11.5 Å². The second-order valence-electron chi connectivity index (χ2n) is 6.47. The molecule has 0 aliphatic carbocycles. The standard InChI is InChI=1S/C22H30ClNO2/c1-3-4-5-6-10-13-24-16-19-14-20(23)22(21(15-19)25-2)26-17-18-11-8-7-9-12-18/h7-9,11-12,14-15,24H,3-6,10,13,16-17H2,1-2H3. The molecule has 0 unspecified atom stereocenters. The Morgan fingerprint density at radius 1 is 0.962 bits per heavy atom. The molecular formula is C22H30ClNO2. The van der Waals surface area contributed by atoms with Crippen molar-refractivity contribution < 1.29 is 9.47 Å². The Morgan fingerprint density at radius 3 is 2.46 bits per heavy atom. The van der Waals surface area contributed by atoms with Gasteiger partial charge in [0.25, 0.3) is 0 Å². The third kappa shape index (κ3) is 6.89. The summed E-state index contributed by atoms with van der Waals surface area (Å²) in [6, 6.07) is 14.0. The van der Waals surface area contributed by atoms with E-state index in [-0.39, 0.29) is 0 Å². The molecule has 0 spiro atoms. The maximum Gasteiger partial charge on any atom is 0.180 e. The van der Waals surface area contributed by atoms with E-state index in [1.807, 2.05) is 42.5 Å². The minimum Gasteiger partial charge on any atom is -0.493 e. The Morgan fingerprint density at radius 2 is 1.73 bits per heavy atom. The number of rotatable bonds is 12. The van der Waals surface area contributed by atoms with Crippen molar-refractivity contribution in [1.82, 2.24) is 5.32 Å². The molecule has 4 heteroatoms. The van der Waals surface area contributed by atoms with E-state index < -0.39 is 0 Å². The first-order chi connectivity index (χ1) is 12.7. The van der Waals surface area contributed by atoms with Gasteiger partial charge >= 0.3 is 0 Å². The Bertz CT molecular complexity index is 646. The zero-order valence-electron chi connectivity index (χ0n) is 15.9. The highest BCUT2D eigenvalue weighted by Gasteiger charge is 2.12. The Hall–Kier alpha value is -1.71. The molecule has 0 atom stereocenters. The molecule has 0 bridgehead atoms. The van der Waals surface area contributed by atoms with E-state index in [0.29, 0.717) is 23.1 Å². The number of halogens is 1. The molecule has 0 heterocycles. The average molecular weight is 376 g/mol. The monoisotopic (exact) mass is 375 g/mol. The van der Waals surface area contributed by atoms with Gasteiger partial charge in [0.1, 0.15) is 6.61 Å². The number of benzene rings is 2. The van der Waals surface area contributed by atoms with Gasteiger partial charge in [0, 0.05) is 6.54 Å². The lowest BCUT2D eigenvalue weighted by atomic mass is 10.1. The maximum atomic E-state index is 6.44. The number of methoxy groups -OCH3 is 1. The van der Waals surface area contributed by atoms with Crippen LogP contribution in [-0.2, 0) is 13.2 Å². The summed E-state index contributed by atoms with van der Waals surface area (Å²) < 4.78 is 11.4. The molecule has 0 fully saturated rings. The molecule has 2 aromatic rings. The fraction of sp³-hybridized carbons (Fsp3) is 0.455. The van der Waals surface area contributed by atoms with Crippen LogP contribution in [0, 0.1) is 0 Å². The zero-order chi connectivity index (χ0) is 18.6. The summed E-state index contributed by atoms with van der Waals surface area (Å²) in [4.78, 5) is 0. The number of ether oxygens (including phenoxy) is 2. The van der Waals surface area contributed by atoms with Crippen LogP contribution < -0.4 is 14.8 Å². The van der Waals surface area contributed by atoms with E-state index in [1.54, 1.807) is 7.11 Å². The van der Waals surface area contributed by atoms with Crippen molar-refractivity contribution in [3.8, 4) is 11.5 Å². The number of hydrogen-bond donors (Lipinski definition) is 1. The van der Waals surface area contributed by atoms with Crippen molar-refractivity contribution in [3.63, 3.8) is 0 Å². The Labute approximate surface area is 162 Å². The smallest absolute Gasteiger partial charge is 0.180 e. The molecule has 0 aliphatic rings. The zero-order valence-corrected chi connectivity index (χ0v) is 16.6. The van der Waals surface area contributed by atoms with Crippen LogP contribution in [-0.4, -0.2) is 13.7 Å². The third-order valence-electron chi connectivity index (χ3n) is 4.30. The van der Waals surface area contributed by atoms with Gasteiger partial charge in [-0.2, -0.15) is 0 Å². The van der Waals surface area contributed by atoms with Crippen LogP contribution in [0.4, 0.5) is 0 Å². The minimum atomic E-state index is 0.465. The van der Waals surface area contributed by atoms with E-state index in [9.17, 15) is 0 Å². The summed E-state index contributed by atoms with van der Waals surface area (Å²) in [5.41, 5.74) is 2.20. The molecule has 2 rings (SSSR count). The molecule has 0 saturated carbocycles. The normalized spacial score (nSPS) is 10.7. The quantitative estimate of drug-likeness (QED) is 0.462. The van der Waals surface area contributed by atoms with Crippen molar-refractivity contribution >= 4 is 11.6 Å². The molecule has 0 radical (unpaired) electrons. The number of nitrogens with one attached hydrogen (secondary N) is 1. The van der Waals surface area contributed by atoms with Gasteiger partial charge in [-0.15, -0.1) is 0 Å². The van der Waals surface area contributed by atoms with Crippen LogP contribution in [0.5, 0.6) is 11.5 Å². The lowest BCUT2D eigenvalue weighted by Gasteiger charge is -2.15. The fourth-order valence-corrected chi connectivity index (χ4v) is 3.12. The van der Waals surface area contributed by atoms with E-state index in [2.05, 4.69) is 12.2 Å². The first-order valence-corrected chi connectivity index (χ1v) is 9.86. The first kappa shape index (κ1) is 20.6. The fourth-order valence-electron chi connectivity index (χ4n) is 2.83. The molecule has 2 aromatic carbocycles. The van der Waals surface area contributed by atoms with Gasteiger partial charge in [-0.1, -0.05) is 74.5 Å². The van der Waals surface area contributed by atoms with Gasteiger partial charge in [-0.3, -0.25) is 0 Å². The van der Waals surface area contributed by atoms with Crippen LogP contribution in [0.25, 0.3) is 0 Å². The summed E-state index contributed by atoms with van der Waals surface area (Å²) in [5.74, 6) is 1.27. The van der Waals surface area contributed by atoms with Crippen molar-refractivity contribution in [1.29, 1.82) is 0 Å². The second-order valence-corrected chi connectivity index (χ2v) is 6.88. The molecular weight excluding hydrogens is 346 g/mol. The van der Waals surface area contributed by atoms with Crippen LogP contribution in [0.2, 0.25) is 5.02 Å². The number of unbranched alkanes of at least 4 members (excludes halogenated alkanes) is 4. The third-order valence-corrected chi connectivity index (χ3v) is 4.58. The van der Waals surface area contributed by atoms with Crippen LogP contribution in [0.1, 0.15) is 50.2 Å². The Balaban J connectivity index is 1.87. The largest absolute Gasteiger partial charge is 0.493 e. The summed E-state index contributed by atoms with van der Waals surface area (Å²) in [6.45, 7) is 4.51. The lowest BCUT2D eigenvalue weighted by molar-refractivity contribution is 0.284. The van der Waals surface area contributed by atoms with E-state index in [4.69, 9.17) is 21.1 Å². The molecule has 142 valence electrons. The molecule has 0 amide bonds. The summed E-state index contributed by atoms with van der Waals surface area (Å²) in [7, 11) is 1.64. The van der Waals surface area contributed by atoms with Gasteiger partial charge in [0.2, 0.25) is 0 Å². The van der Waals surface area contributed by atoms with Gasteiger partial charge in [-0.05, 0) is 36.2 Å². The molecule has 0 aliphatic heterocycles. The van der Waals surface area contributed by atoms with E-state index in [0.717, 1.165) is 24.2 Å². The summed E-state index contributed by atoms with van der Waals surface area (Å²) in [5, 5.41) is 4.06. The van der Waals surface area contributed by atoms with Crippen LogP contribution in [0.15, 0.2) is 42.5 Å². The molecule has 3 nitrogen and oxygen atoms in total. The average Bonchev–Trinajstić information content (AvgIpc) is 2.67. The predicted octanol–water partition coefficient (Wildman–Crippen LogP) is 5.99. The van der Waals surface area contributed by atoms with Crippen molar-refractivity contribution in [2.75, 3.05) is 13.7 Å². The van der Waals surface area contributed by atoms with Gasteiger partial charge in [0.05, 0.1) is 12.1 Å². The van der Waals surface area contributed by atoms with E-state index >= 15 is 0 Å². The highest BCUT2D eigenvalue weighted by atomic mass is 35.5. The highest BCUT2D eigenvalue weighted by molar-refractivity contribution is 6.32. The number of hydrogen-bond acceptors (Lipinski definition) is 3. The highest BCUT2D eigenvalue weighted by Crippen LogP contribution is 2.37. The van der Waals surface area contributed by atoms with E-state index in [1.165, 1.54) is 32.1 Å². The van der Waals surface area contributed by atoms with Crippen LogP contribution >= 0.6 is 11.6 Å².